The Morgan fingerprint density at radius 3 is 2.57 bits per heavy atom. The maximum absolute atomic E-state index is 15.1. The second-order valence-electron chi connectivity index (χ2n) is 9.99. The molecule has 4 atom stereocenters. The van der Waals surface area contributed by atoms with E-state index in [0.29, 0.717) is 30.1 Å². The number of carbonyl (C=O) groups excluding carboxylic acids is 1. The minimum atomic E-state index is -0.429. The first kappa shape index (κ1) is 21.6. The van der Waals surface area contributed by atoms with Gasteiger partial charge in [-0.2, -0.15) is 0 Å². The van der Waals surface area contributed by atoms with Crippen molar-refractivity contribution in [3.63, 3.8) is 0 Å². The van der Waals surface area contributed by atoms with Crippen LogP contribution in [0.3, 0.4) is 0 Å². The Kier molecular flexibility index (Phi) is 6.69. The fourth-order valence-corrected chi connectivity index (χ4v) is 5.77. The van der Waals surface area contributed by atoms with Crippen LogP contribution in [-0.4, -0.2) is 30.0 Å². The van der Waals surface area contributed by atoms with Gasteiger partial charge in [0.25, 0.3) is 5.91 Å². The number of hydrogen-bond acceptors (Lipinski definition) is 2. The highest BCUT2D eigenvalue weighted by Gasteiger charge is 2.36. The van der Waals surface area contributed by atoms with Crippen molar-refractivity contribution >= 4 is 5.91 Å². The molecule has 166 valence electrons. The molecule has 0 aromatic heterocycles. The molecular weight excluding hydrogens is 377 g/mol. The van der Waals surface area contributed by atoms with E-state index >= 15 is 4.39 Å². The molecule has 3 fully saturated rings. The van der Waals surface area contributed by atoms with Crippen molar-refractivity contribution in [1.29, 1.82) is 0 Å². The zero-order valence-electron chi connectivity index (χ0n) is 19.0. The average Bonchev–Trinajstić information content (AvgIpc) is 3.37. The summed E-state index contributed by atoms with van der Waals surface area (Å²) < 4.78 is 21.2. The molecule has 4 heteroatoms. The first-order valence-corrected chi connectivity index (χ1v) is 12.3. The summed E-state index contributed by atoms with van der Waals surface area (Å²) in [6.45, 7) is 7.93. The van der Waals surface area contributed by atoms with E-state index < -0.39 is 5.82 Å². The SMILES string of the molecule is CCCC1CCC(COc2cc(F)c(C(=O)N3CCC(CC)[C@@H]3C)cc2C2CC2)C1. The number of nitrogens with zero attached hydrogens (tertiary/aromatic N) is 1. The summed E-state index contributed by atoms with van der Waals surface area (Å²) in [6, 6.07) is 3.49. The molecule has 1 aromatic carbocycles. The van der Waals surface area contributed by atoms with Crippen LogP contribution in [0, 0.1) is 23.6 Å². The fourth-order valence-electron chi connectivity index (χ4n) is 5.77. The summed E-state index contributed by atoms with van der Waals surface area (Å²) in [5.74, 6) is 2.44. The van der Waals surface area contributed by atoms with Gasteiger partial charge in [0.15, 0.2) is 0 Å². The third-order valence-electron chi connectivity index (χ3n) is 7.87. The lowest BCUT2D eigenvalue weighted by atomic mass is 9.98. The Morgan fingerprint density at radius 1 is 1.13 bits per heavy atom. The number of ether oxygens (including phenoxy) is 1. The number of hydrogen-bond donors (Lipinski definition) is 0. The maximum atomic E-state index is 15.1. The van der Waals surface area contributed by atoms with Crippen LogP contribution >= 0.6 is 0 Å². The molecule has 30 heavy (non-hydrogen) atoms. The van der Waals surface area contributed by atoms with Gasteiger partial charge in [-0.25, -0.2) is 4.39 Å². The molecule has 0 N–H and O–H groups in total. The normalized spacial score (nSPS) is 28.9. The first-order chi connectivity index (χ1) is 14.5. The Balaban J connectivity index is 1.47. The van der Waals surface area contributed by atoms with Crippen LogP contribution < -0.4 is 4.74 Å². The third-order valence-corrected chi connectivity index (χ3v) is 7.87. The molecule has 4 rings (SSSR count). The van der Waals surface area contributed by atoms with Crippen LogP contribution in [0.25, 0.3) is 0 Å². The van der Waals surface area contributed by atoms with E-state index in [1.165, 1.54) is 38.2 Å². The summed E-state index contributed by atoms with van der Waals surface area (Å²) in [5.41, 5.74) is 1.28. The third kappa shape index (κ3) is 4.53. The van der Waals surface area contributed by atoms with Crippen LogP contribution in [0.2, 0.25) is 0 Å². The molecule has 1 amide bonds. The predicted octanol–water partition coefficient (Wildman–Crippen LogP) is 6.56. The maximum Gasteiger partial charge on any atom is 0.257 e. The summed E-state index contributed by atoms with van der Waals surface area (Å²) in [7, 11) is 0. The molecule has 0 spiro atoms. The molecule has 1 aliphatic heterocycles. The van der Waals surface area contributed by atoms with Crippen LogP contribution in [0.1, 0.15) is 100 Å². The predicted molar refractivity (Wildman–Crippen MR) is 119 cm³/mol. The Labute approximate surface area is 181 Å². The Morgan fingerprint density at radius 2 is 1.90 bits per heavy atom. The molecule has 1 aromatic rings. The smallest absolute Gasteiger partial charge is 0.257 e. The summed E-state index contributed by atoms with van der Waals surface area (Å²) in [6.07, 6.45) is 10.6. The van der Waals surface area contributed by atoms with Crippen LogP contribution in [0.15, 0.2) is 12.1 Å². The largest absolute Gasteiger partial charge is 0.493 e. The standard InChI is InChI=1S/C26H38FNO2/c1-4-6-18-7-8-19(13-18)16-30-25-15-24(27)23(14-22(25)21-9-10-21)26(29)28-12-11-20(5-2)17(28)3/h14-15,17-21H,4-13,16H2,1-3H3/t17-,18?,19?,20?/m0/s1. The number of rotatable bonds is 8. The average molecular weight is 416 g/mol. The number of likely N-dealkylation sites (tertiary alicyclic amines) is 1. The molecule has 1 saturated heterocycles. The highest BCUT2D eigenvalue weighted by molar-refractivity contribution is 5.95. The van der Waals surface area contributed by atoms with E-state index in [0.717, 1.165) is 43.7 Å². The van der Waals surface area contributed by atoms with Crippen molar-refractivity contribution in [3.05, 3.63) is 29.1 Å². The minimum absolute atomic E-state index is 0.150. The van der Waals surface area contributed by atoms with E-state index in [9.17, 15) is 4.79 Å². The number of halogens is 1. The molecule has 1 heterocycles. The van der Waals surface area contributed by atoms with Gasteiger partial charge in [0, 0.05) is 18.7 Å². The minimum Gasteiger partial charge on any atom is -0.493 e. The van der Waals surface area contributed by atoms with E-state index in [2.05, 4.69) is 20.8 Å². The van der Waals surface area contributed by atoms with Crippen molar-refractivity contribution in [2.24, 2.45) is 17.8 Å². The molecule has 0 bridgehead atoms. The van der Waals surface area contributed by atoms with E-state index in [1.807, 2.05) is 11.0 Å². The molecule has 3 nitrogen and oxygen atoms in total. The number of amides is 1. The lowest BCUT2D eigenvalue weighted by Gasteiger charge is -2.25. The van der Waals surface area contributed by atoms with Crippen molar-refractivity contribution < 1.29 is 13.9 Å². The van der Waals surface area contributed by atoms with Gasteiger partial charge in [-0.1, -0.05) is 39.5 Å². The lowest BCUT2D eigenvalue weighted by molar-refractivity contribution is 0.0726. The fraction of sp³-hybridized carbons (Fsp3) is 0.731. The molecule has 3 unspecified atom stereocenters. The Bertz CT molecular complexity index is 760. The lowest BCUT2D eigenvalue weighted by Crippen LogP contribution is -2.36. The quantitative estimate of drug-likeness (QED) is 0.481. The van der Waals surface area contributed by atoms with Gasteiger partial charge in [0.05, 0.1) is 12.2 Å². The topological polar surface area (TPSA) is 29.5 Å². The van der Waals surface area contributed by atoms with E-state index in [1.54, 1.807) is 0 Å². The molecular formula is C26H38FNO2. The number of benzene rings is 1. The highest BCUT2D eigenvalue weighted by Crippen LogP contribution is 2.46. The molecule has 2 saturated carbocycles. The van der Waals surface area contributed by atoms with E-state index in [-0.39, 0.29) is 17.5 Å². The van der Waals surface area contributed by atoms with Gasteiger partial charge < -0.3 is 9.64 Å². The van der Waals surface area contributed by atoms with Crippen LogP contribution in [0.5, 0.6) is 5.75 Å². The van der Waals surface area contributed by atoms with Crippen molar-refractivity contribution in [2.75, 3.05) is 13.2 Å². The van der Waals surface area contributed by atoms with Gasteiger partial charge >= 0.3 is 0 Å². The zero-order valence-corrected chi connectivity index (χ0v) is 19.0. The molecule has 3 aliphatic rings. The monoisotopic (exact) mass is 415 g/mol. The highest BCUT2D eigenvalue weighted by atomic mass is 19.1. The second-order valence-corrected chi connectivity index (χ2v) is 9.99. The van der Waals surface area contributed by atoms with Crippen molar-refractivity contribution in [1.82, 2.24) is 4.90 Å². The van der Waals surface area contributed by atoms with Crippen molar-refractivity contribution in [3.8, 4) is 5.75 Å². The van der Waals surface area contributed by atoms with Gasteiger partial charge in [-0.15, -0.1) is 0 Å². The summed E-state index contributed by atoms with van der Waals surface area (Å²) >= 11 is 0. The van der Waals surface area contributed by atoms with Gasteiger partial charge in [-0.3, -0.25) is 4.79 Å². The molecule has 2 aliphatic carbocycles. The van der Waals surface area contributed by atoms with Gasteiger partial charge in [0.1, 0.15) is 11.6 Å². The van der Waals surface area contributed by atoms with Gasteiger partial charge in [-0.05, 0) is 74.3 Å². The Hall–Kier alpha value is -1.58. The zero-order chi connectivity index (χ0) is 21.3. The second kappa shape index (κ2) is 9.28. The van der Waals surface area contributed by atoms with Crippen LogP contribution in [0.4, 0.5) is 4.39 Å². The molecule has 0 radical (unpaired) electrons. The van der Waals surface area contributed by atoms with Crippen LogP contribution in [-0.2, 0) is 0 Å². The number of carbonyl (C=O) groups is 1. The first-order valence-electron chi connectivity index (χ1n) is 12.3. The van der Waals surface area contributed by atoms with E-state index in [4.69, 9.17) is 4.74 Å². The van der Waals surface area contributed by atoms with Gasteiger partial charge in [0.2, 0.25) is 0 Å². The van der Waals surface area contributed by atoms with Crippen molar-refractivity contribution in [2.45, 2.75) is 90.5 Å². The summed E-state index contributed by atoms with van der Waals surface area (Å²) in [4.78, 5) is 15.0. The summed E-state index contributed by atoms with van der Waals surface area (Å²) in [5, 5.41) is 0.